The Bertz CT molecular complexity index is 674. The number of ketones is 1. The number of fused-ring (bicyclic) bond motifs is 3. The maximum atomic E-state index is 12.9. The number of carbonyl (C=O) groups excluding carboxylic acids is 1. The molecule has 1 aromatic heterocycles. The van der Waals surface area contributed by atoms with Crippen molar-refractivity contribution in [2.75, 3.05) is 0 Å². The largest absolute Gasteiger partial charge is 0.327 e. The highest BCUT2D eigenvalue weighted by atomic mass is 16.1. The Labute approximate surface area is 118 Å². The van der Waals surface area contributed by atoms with Crippen molar-refractivity contribution in [1.82, 2.24) is 4.98 Å². The molecule has 1 aromatic carbocycles. The van der Waals surface area contributed by atoms with Crippen LogP contribution in [0.15, 0.2) is 36.7 Å². The number of pyridine rings is 1. The van der Waals surface area contributed by atoms with Gasteiger partial charge >= 0.3 is 0 Å². The predicted octanol–water partition coefficient (Wildman–Crippen LogP) is 2.79. The number of carbonyl (C=O) groups is 1. The molecule has 3 nitrogen and oxygen atoms in total. The number of hydrogen-bond donors (Lipinski definition) is 1. The maximum Gasteiger partial charge on any atom is 0.169 e. The molecule has 2 fully saturated rings. The van der Waals surface area contributed by atoms with Crippen LogP contribution in [-0.4, -0.2) is 16.8 Å². The summed E-state index contributed by atoms with van der Waals surface area (Å²) < 4.78 is 0. The van der Waals surface area contributed by atoms with E-state index in [0.717, 1.165) is 29.2 Å². The van der Waals surface area contributed by atoms with E-state index in [1.54, 1.807) is 6.20 Å². The van der Waals surface area contributed by atoms with Gasteiger partial charge in [-0.1, -0.05) is 24.3 Å². The van der Waals surface area contributed by atoms with E-state index in [1.807, 2.05) is 30.5 Å². The standard InChI is InChI=1S/C17H18N2O/c18-16-11-6-5-10(7-11)15(16)17(20)14-9-19-8-12-3-1-2-4-13(12)14/h1-4,8-11,15-16H,5-7,18H2. The van der Waals surface area contributed by atoms with Gasteiger partial charge < -0.3 is 5.73 Å². The number of nitrogens with zero attached hydrogens (tertiary/aromatic N) is 1. The van der Waals surface area contributed by atoms with Gasteiger partial charge in [0.05, 0.1) is 0 Å². The minimum absolute atomic E-state index is 0.00126. The van der Waals surface area contributed by atoms with E-state index in [9.17, 15) is 4.79 Å². The Balaban J connectivity index is 1.78. The number of nitrogens with two attached hydrogens (primary N) is 1. The van der Waals surface area contributed by atoms with E-state index >= 15 is 0 Å². The Morgan fingerprint density at radius 2 is 1.95 bits per heavy atom. The molecule has 4 atom stereocenters. The van der Waals surface area contributed by atoms with Crippen molar-refractivity contribution in [3.63, 3.8) is 0 Å². The van der Waals surface area contributed by atoms with Crippen LogP contribution in [0.5, 0.6) is 0 Å². The van der Waals surface area contributed by atoms with Gasteiger partial charge in [0.15, 0.2) is 5.78 Å². The molecule has 2 N–H and O–H groups in total. The lowest BCUT2D eigenvalue weighted by molar-refractivity contribution is 0.0857. The average molecular weight is 266 g/mol. The van der Waals surface area contributed by atoms with Crippen LogP contribution in [0, 0.1) is 17.8 Å². The summed E-state index contributed by atoms with van der Waals surface area (Å²) in [5, 5.41) is 2.03. The second-order valence-electron chi connectivity index (χ2n) is 6.21. The van der Waals surface area contributed by atoms with E-state index in [4.69, 9.17) is 5.73 Å². The molecule has 20 heavy (non-hydrogen) atoms. The highest BCUT2D eigenvalue weighted by Gasteiger charge is 2.49. The van der Waals surface area contributed by atoms with Crippen LogP contribution in [-0.2, 0) is 0 Å². The zero-order valence-electron chi connectivity index (χ0n) is 11.3. The predicted molar refractivity (Wildman–Crippen MR) is 78.4 cm³/mol. The number of aromatic nitrogens is 1. The monoisotopic (exact) mass is 266 g/mol. The Hall–Kier alpha value is -1.74. The molecule has 102 valence electrons. The highest BCUT2D eigenvalue weighted by molar-refractivity contribution is 6.09. The first-order valence-corrected chi connectivity index (χ1v) is 7.38. The minimum atomic E-state index is 0.00126. The summed E-state index contributed by atoms with van der Waals surface area (Å²) in [5.74, 6) is 1.24. The van der Waals surface area contributed by atoms with Crippen molar-refractivity contribution in [3.05, 3.63) is 42.2 Å². The van der Waals surface area contributed by atoms with Gasteiger partial charge in [0.1, 0.15) is 0 Å². The Morgan fingerprint density at radius 1 is 1.15 bits per heavy atom. The van der Waals surface area contributed by atoms with Crippen LogP contribution in [0.3, 0.4) is 0 Å². The molecule has 2 bridgehead atoms. The van der Waals surface area contributed by atoms with E-state index in [1.165, 1.54) is 6.42 Å². The third-order valence-corrected chi connectivity index (χ3v) is 5.22. The summed E-state index contributed by atoms with van der Waals surface area (Å²) in [5.41, 5.74) is 7.05. The van der Waals surface area contributed by atoms with Gasteiger partial charge in [-0.2, -0.15) is 0 Å². The molecular weight excluding hydrogens is 248 g/mol. The lowest BCUT2D eigenvalue weighted by Gasteiger charge is -2.27. The average Bonchev–Trinajstić information content (AvgIpc) is 3.07. The van der Waals surface area contributed by atoms with Crippen molar-refractivity contribution in [2.24, 2.45) is 23.5 Å². The fourth-order valence-corrected chi connectivity index (χ4v) is 4.22. The molecule has 4 rings (SSSR count). The third kappa shape index (κ3) is 1.63. The number of Topliss-reactive ketones (excluding diaryl/α,β-unsaturated/α-hetero) is 1. The number of rotatable bonds is 2. The second kappa shape index (κ2) is 4.38. The molecule has 0 spiro atoms. The first-order valence-electron chi connectivity index (χ1n) is 7.38. The van der Waals surface area contributed by atoms with E-state index < -0.39 is 0 Å². The summed E-state index contributed by atoms with van der Waals surface area (Å²) in [6, 6.07) is 7.99. The van der Waals surface area contributed by atoms with Crippen LogP contribution in [0.4, 0.5) is 0 Å². The molecule has 2 aliphatic carbocycles. The van der Waals surface area contributed by atoms with Gasteiger partial charge in [0, 0.05) is 35.3 Å². The molecule has 0 saturated heterocycles. The first-order chi connectivity index (χ1) is 9.75. The summed E-state index contributed by atoms with van der Waals surface area (Å²) >= 11 is 0. The fraction of sp³-hybridized carbons (Fsp3) is 0.412. The van der Waals surface area contributed by atoms with Crippen molar-refractivity contribution in [2.45, 2.75) is 25.3 Å². The van der Waals surface area contributed by atoms with Gasteiger partial charge in [0.25, 0.3) is 0 Å². The van der Waals surface area contributed by atoms with Gasteiger partial charge in [-0.05, 0) is 36.5 Å². The van der Waals surface area contributed by atoms with Gasteiger partial charge in [-0.25, -0.2) is 0 Å². The minimum Gasteiger partial charge on any atom is -0.327 e. The van der Waals surface area contributed by atoms with Crippen LogP contribution in [0.2, 0.25) is 0 Å². The topological polar surface area (TPSA) is 56.0 Å². The SMILES string of the molecule is NC1C2CCC(C2)C1C(=O)c1cncc2ccccc12. The van der Waals surface area contributed by atoms with Crippen LogP contribution in [0.25, 0.3) is 10.8 Å². The Kier molecular flexibility index (Phi) is 2.64. The lowest BCUT2D eigenvalue weighted by atomic mass is 9.79. The molecule has 2 saturated carbocycles. The van der Waals surface area contributed by atoms with Crippen molar-refractivity contribution >= 4 is 16.6 Å². The normalized spacial score (nSPS) is 31.9. The quantitative estimate of drug-likeness (QED) is 0.850. The molecule has 2 aliphatic rings. The smallest absolute Gasteiger partial charge is 0.169 e. The van der Waals surface area contributed by atoms with Gasteiger partial charge in [0.2, 0.25) is 0 Å². The highest BCUT2D eigenvalue weighted by Crippen LogP contribution is 2.48. The van der Waals surface area contributed by atoms with E-state index in [0.29, 0.717) is 11.8 Å². The zero-order valence-corrected chi connectivity index (χ0v) is 11.3. The van der Waals surface area contributed by atoms with Crippen molar-refractivity contribution in [1.29, 1.82) is 0 Å². The molecule has 0 aliphatic heterocycles. The van der Waals surface area contributed by atoms with Crippen molar-refractivity contribution in [3.8, 4) is 0 Å². The Morgan fingerprint density at radius 3 is 2.75 bits per heavy atom. The van der Waals surface area contributed by atoms with Crippen LogP contribution >= 0.6 is 0 Å². The summed E-state index contributed by atoms with van der Waals surface area (Å²) in [4.78, 5) is 17.2. The van der Waals surface area contributed by atoms with Crippen molar-refractivity contribution < 1.29 is 4.79 Å². The molecule has 0 radical (unpaired) electrons. The fourth-order valence-electron chi connectivity index (χ4n) is 4.22. The lowest BCUT2D eigenvalue weighted by Crippen LogP contribution is -2.40. The molecule has 2 aromatic rings. The van der Waals surface area contributed by atoms with Gasteiger partial charge in [-0.15, -0.1) is 0 Å². The number of hydrogen-bond acceptors (Lipinski definition) is 3. The molecular formula is C17H18N2O. The zero-order chi connectivity index (χ0) is 13.7. The summed E-state index contributed by atoms with van der Waals surface area (Å²) in [6.45, 7) is 0. The second-order valence-corrected chi connectivity index (χ2v) is 6.21. The summed E-state index contributed by atoms with van der Waals surface area (Å²) in [7, 11) is 0. The maximum absolute atomic E-state index is 12.9. The van der Waals surface area contributed by atoms with Crippen LogP contribution < -0.4 is 5.73 Å². The molecule has 4 unspecified atom stereocenters. The third-order valence-electron chi connectivity index (χ3n) is 5.22. The van der Waals surface area contributed by atoms with E-state index in [2.05, 4.69) is 4.98 Å². The number of benzene rings is 1. The molecule has 1 heterocycles. The summed E-state index contributed by atoms with van der Waals surface area (Å²) in [6.07, 6.45) is 7.02. The molecule has 0 amide bonds. The van der Waals surface area contributed by atoms with Crippen LogP contribution in [0.1, 0.15) is 29.6 Å². The van der Waals surface area contributed by atoms with Gasteiger partial charge in [-0.3, -0.25) is 9.78 Å². The first kappa shape index (κ1) is 12.0. The molecule has 3 heteroatoms. The van der Waals surface area contributed by atoms with E-state index in [-0.39, 0.29) is 17.7 Å².